The van der Waals surface area contributed by atoms with E-state index in [2.05, 4.69) is 11.4 Å². The van der Waals surface area contributed by atoms with Gasteiger partial charge in [-0.25, -0.2) is 4.39 Å². The molecule has 1 aromatic rings. The summed E-state index contributed by atoms with van der Waals surface area (Å²) in [5.74, 6) is -0.149. The zero-order chi connectivity index (χ0) is 12.3. The number of hydrogen-bond acceptors (Lipinski definition) is 1. The van der Waals surface area contributed by atoms with Crippen LogP contribution in [0.4, 0.5) is 4.39 Å². The lowest BCUT2D eigenvalue weighted by Crippen LogP contribution is -2.16. The molecule has 1 N–H and O–H groups in total. The molecule has 0 aliphatic heterocycles. The van der Waals surface area contributed by atoms with Gasteiger partial charge in [-0.3, -0.25) is 0 Å². The lowest BCUT2D eigenvalue weighted by atomic mass is 10.0. The van der Waals surface area contributed by atoms with E-state index in [0.29, 0.717) is 0 Å². The molecule has 0 spiro atoms. The van der Waals surface area contributed by atoms with E-state index in [1.807, 2.05) is 19.9 Å². The van der Waals surface area contributed by atoms with Crippen LogP contribution in [0.2, 0.25) is 0 Å². The fourth-order valence-electron chi connectivity index (χ4n) is 1.95. The number of allylic oxidation sites excluding steroid dienone is 1. The smallest absolute Gasteiger partial charge is 0.124 e. The molecule has 1 aliphatic carbocycles. The number of halogens is 1. The van der Waals surface area contributed by atoms with Gasteiger partial charge >= 0.3 is 0 Å². The second-order valence-electron chi connectivity index (χ2n) is 4.92. The van der Waals surface area contributed by atoms with Crippen LogP contribution in [0.25, 0.3) is 5.57 Å². The summed E-state index contributed by atoms with van der Waals surface area (Å²) in [5.41, 5.74) is 3.13. The van der Waals surface area contributed by atoms with Crippen LogP contribution in [0, 0.1) is 12.7 Å². The van der Waals surface area contributed by atoms with Crippen molar-refractivity contribution in [2.24, 2.45) is 0 Å². The van der Waals surface area contributed by atoms with Crippen molar-refractivity contribution >= 4 is 5.57 Å². The van der Waals surface area contributed by atoms with Crippen LogP contribution < -0.4 is 5.32 Å². The maximum atomic E-state index is 13.3. The Morgan fingerprint density at radius 3 is 2.82 bits per heavy atom. The van der Waals surface area contributed by atoms with Gasteiger partial charge in [-0.2, -0.15) is 0 Å². The highest BCUT2D eigenvalue weighted by atomic mass is 19.1. The van der Waals surface area contributed by atoms with Crippen molar-refractivity contribution in [3.63, 3.8) is 0 Å². The minimum Gasteiger partial charge on any atom is -0.314 e. The Hall–Kier alpha value is -1.15. The third-order valence-electron chi connectivity index (χ3n) is 3.10. The van der Waals surface area contributed by atoms with Gasteiger partial charge in [-0.15, -0.1) is 0 Å². The first kappa shape index (κ1) is 12.3. The maximum absolute atomic E-state index is 13.3. The average Bonchev–Trinajstić information content (AvgIpc) is 3.06. The van der Waals surface area contributed by atoms with Crippen molar-refractivity contribution in [1.29, 1.82) is 0 Å². The van der Waals surface area contributed by atoms with Gasteiger partial charge < -0.3 is 5.32 Å². The Morgan fingerprint density at radius 1 is 1.41 bits per heavy atom. The van der Waals surface area contributed by atoms with Gasteiger partial charge in [0.2, 0.25) is 0 Å². The maximum Gasteiger partial charge on any atom is 0.124 e. The highest BCUT2D eigenvalue weighted by Crippen LogP contribution is 2.19. The Balaban J connectivity index is 1.91. The molecule has 0 bridgehead atoms. The number of nitrogens with one attached hydrogen (secondary N) is 1. The van der Waals surface area contributed by atoms with Crippen LogP contribution in [0.5, 0.6) is 0 Å². The molecule has 0 unspecified atom stereocenters. The average molecular weight is 233 g/mol. The highest BCUT2D eigenvalue weighted by molar-refractivity contribution is 5.64. The van der Waals surface area contributed by atoms with Crippen molar-refractivity contribution < 1.29 is 4.39 Å². The largest absolute Gasteiger partial charge is 0.314 e. The van der Waals surface area contributed by atoms with E-state index in [4.69, 9.17) is 0 Å². The van der Waals surface area contributed by atoms with Gasteiger partial charge in [-0.1, -0.05) is 12.1 Å². The Labute approximate surface area is 103 Å². The van der Waals surface area contributed by atoms with Gasteiger partial charge in [0.05, 0.1) is 0 Å². The van der Waals surface area contributed by atoms with Crippen molar-refractivity contribution in [2.45, 2.75) is 39.2 Å². The molecule has 1 fully saturated rings. The van der Waals surface area contributed by atoms with Gasteiger partial charge in [0.15, 0.2) is 0 Å². The monoisotopic (exact) mass is 233 g/mol. The lowest BCUT2D eigenvalue weighted by molar-refractivity contribution is 0.626. The lowest BCUT2D eigenvalue weighted by Gasteiger charge is -2.05. The first-order valence-electron chi connectivity index (χ1n) is 6.33. The van der Waals surface area contributed by atoms with E-state index in [0.717, 1.165) is 35.7 Å². The Morgan fingerprint density at radius 2 is 2.18 bits per heavy atom. The molecule has 0 radical (unpaired) electrons. The quantitative estimate of drug-likeness (QED) is 0.765. The van der Waals surface area contributed by atoms with Crippen LogP contribution >= 0.6 is 0 Å². The van der Waals surface area contributed by atoms with E-state index in [-0.39, 0.29) is 5.82 Å². The Bertz CT molecular complexity index is 399. The third kappa shape index (κ3) is 3.97. The number of aryl methyl sites for hydroxylation is 1. The van der Waals surface area contributed by atoms with E-state index in [1.165, 1.54) is 12.8 Å². The summed E-state index contributed by atoms with van der Waals surface area (Å²) in [7, 11) is 0. The third-order valence-corrected chi connectivity index (χ3v) is 3.10. The van der Waals surface area contributed by atoms with E-state index >= 15 is 0 Å². The van der Waals surface area contributed by atoms with Crippen LogP contribution in [-0.4, -0.2) is 12.6 Å². The summed E-state index contributed by atoms with van der Waals surface area (Å²) in [6, 6.07) is 5.96. The summed E-state index contributed by atoms with van der Waals surface area (Å²) in [6.07, 6.45) is 5.85. The molecule has 1 aliphatic rings. The van der Waals surface area contributed by atoms with Crippen molar-refractivity contribution in [3.05, 3.63) is 41.2 Å². The molecule has 92 valence electrons. The van der Waals surface area contributed by atoms with Crippen LogP contribution in [-0.2, 0) is 0 Å². The molecule has 0 saturated heterocycles. The minimum atomic E-state index is -0.149. The summed E-state index contributed by atoms with van der Waals surface area (Å²) in [5, 5.41) is 3.47. The standard InChI is InChI=1S/C15H20FN/c1-11-8-13(10-14(16)9-11)12(2)4-3-7-17-15-5-6-15/h4,8-10,15,17H,3,5-7H2,1-2H3. The van der Waals surface area contributed by atoms with Crippen molar-refractivity contribution in [1.82, 2.24) is 5.32 Å². The molecule has 1 saturated carbocycles. The normalized spacial score (nSPS) is 16.3. The number of benzene rings is 1. The first-order chi connectivity index (χ1) is 8.15. The van der Waals surface area contributed by atoms with Crippen LogP contribution in [0.1, 0.15) is 37.3 Å². The summed E-state index contributed by atoms with van der Waals surface area (Å²) in [4.78, 5) is 0. The van der Waals surface area contributed by atoms with E-state index in [9.17, 15) is 4.39 Å². The van der Waals surface area contributed by atoms with Crippen LogP contribution in [0.15, 0.2) is 24.3 Å². The summed E-state index contributed by atoms with van der Waals surface area (Å²) >= 11 is 0. The topological polar surface area (TPSA) is 12.0 Å². The number of rotatable bonds is 5. The van der Waals surface area contributed by atoms with Crippen molar-refractivity contribution in [2.75, 3.05) is 6.54 Å². The molecular formula is C15H20FN. The van der Waals surface area contributed by atoms with Gasteiger partial charge in [0.25, 0.3) is 0 Å². The predicted octanol–water partition coefficient (Wildman–Crippen LogP) is 3.68. The molecule has 1 aromatic carbocycles. The molecule has 17 heavy (non-hydrogen) atoms. The number of hydrogen-bond donors (Lipinski definition) is 1. The Kier molecular flexibility index (Phi) is 3.95. The molecule has 0 atom stereocenters. The van der Waals surface area contributed by atoms with Crippen LogP contribution in [0.3, 0.4) is 0 Å². The second-order valence-corrected chi connectivity index (χ2v) is 4.92. The predicted molar refractivity (Wildman–Crippen MR) is 70.4 cm³/mol. The fourth-order valence-corrected chi connectivity index (χ4v) is 1.95. The molecule has 1 nitrogen and oxygen atoms in total. The van der Waals surface area contributed by atoms with Gasteiger partial charge in [0.1, 0.15) is 5.82 Å². The van der Waals surface area contributed by atoms with Gasteiger partial charge in [-0.05, 0) is 68.5 Å². The van der Waals surface area contributed by atoms with Gasteiger partial charge in [0, 0.05) is 6.04 Å². The fraction of sp³-hybridized carbons (Fsp3) is 0.467. The van der Waals surface area contributed by atoms with Crippen molar-refractivity contribution in [3.8, 4) is 0 Å². The summed E-state index contributed by atoms with van der Waals surface area (Å²) < 4.78 is 13.3. The molecule has 0 heterocycles. The zero-order valence-electron chi connectivity index (χ0n) is 10.6. The summed E-state index contributed by atoms with van der Waals surface area (Å²) in [6.45, 7) is 5.00. The molecular weight excluding hydrogens is 213 g/mol. The highest BCUT2D eigenvalue weighted by Gasteiger charge is 2.19. The van der Waals surface area contributed by atoms with E-state index in [1.54, 1.807) is 12.1 Å². The molecule has 0 aromatic heterocycles. The molecule has 0 amide bonds. The van der Waals surface area contributed by atoms with E-state index < -0.39 is 0 Å². The SMILES string of the molecule is CC(=CCCNC1CC1)c1cc(C)cc(F)c1. The molecule has 2 heteroatoms. The molecule has 2 rings (SSSR count). The minimum absolute atomic E-state index is 0.149. The zero-order valence-corrected chi connectivity index (χ0v) is 10.6. The first-order valence-corrected chi connectivity index (χ1v) is 6.33. The second kappa shape index (κ2) is 5.46.